The van der Waals surface area contributed by atoms with Gasteiger partial charge in [-0.2, -0.15) is 0 Å². The predicted molar refractivity (Wildman–Crippen MR) is 124 cm³/mol. The van der Waals surface area contributed by atoms with Gasteiger partial charge in [-0.1, -0.05) is 29.8 Å². The third kappa shape index (κ3) is 6.84. The molecule has 1 aliphatic rings. The summed E-state index contributed by atoms with van der Waals surface area (Å²) in [6.45, 7) is 8.10. The number of aryl methyl sites for hydroxylation is 3. The number of hydrogen-bond acceptors (Lipinski definition) is 3. The normalized spacial score (nSPS) is 14.4. The van der Waals surface area contributed by atoms with Crippen molar-refractivity contribution in [3.8, 4) is 5.75 Å². The van der Waals surface area contributed by atoms with Gasteiger partial charge >= 0.3 is 0 Å². The van der Waals surface area contributed by atoms with E-state index >= 15 is 0 Å². The SMILES string of the molecule is Cc1ccc(C(=O)N2CCC(NC(=O)CCCCOc3cc(C)ccc3C)CC2)cc1. The summed E-state index contributed by atoms with van der Waals surface area (Å²) in [6, 6.07) is 14.1. The molecule has 1 heterocycles. The average molecular weight is 423 g/mol. The Kier molecular flexibility index (Phi) is 8.10. The fourth-order valence-electron chi connectivity index (χ4n) is 3.84. The number of nitrogens with zero attached hydrogens (tertiary/aromatic N) is 1. The summed E-state index contributed by atoms with van der Waals surface area (Å²) in [7, 11) is 0. The van der Waals surface area contributed by atoms with Crippen LogP contribution in [-0.4, -0.2) is 42.5 Å². The highest BCUT2D eigenvalue weighted by Gasteiger charge is 2.24. The highest BCUT2D eigenvalue weighted by Crippen LogP contribution is 2.19. The molecule has 5 heteroatoms. The van der Waals surface area contributed by atoms with Crippen molar-refractivity contribution < 1.29 is 14.3 Å². The lowest BCUT2D eigenvalue weighted by Crippen LogP contribution is -2.46. The van der Waals surface area contributed by atoms with E-state index in [0.29, 0.717) is 26.1 Å². The number of carbonyl (C=O) groups excluding carboxylic acids is 2. The molecule has 1 N–H and O–H groups in total. The van der Waals surface area contributed by atoms with Crippen LogP contribution in [0.1, 0.15) is 59.2 Å². The minimum atomic E-state index is 0.0774. The lowest BCUT2D eigenvalue weighted by atomic mass is 10.0. The van der Waals surface area contributed by atoms with Crippen LogP contribution in [-0.2, 0) is 4.79 Å². The van der Waals surface area contributed by atoms with Gasteiger partial charge < -0.3 is 15.0 Å². The Labute approximate surface area is 185 Å². The van der Waals surface area contributed by atoms with Crippen LogP contribution in [0.4, 0.5) is 0 Å². The van der Waals surface area contributed by atoms with Crippen molar-refractivity contribution in [2.45, 2.75) is 58.9 Å². The van der Waals surface area contributed by atoms with Crippen molar-refractivity contribution in [3.05, 3.63) is 64.7 Å². The zero-order valence-corrected chi connectivity index (χ0v) is 18.9. The maximum absolute atomic E-state index is 12.6. The summed E-state index contributed by atoms with van der Waals surface area (Å²) in [6.07, 6.45) is 3.78. The van der Waals surface area contributed by atoms with E-state index in [1.807, 2.05) is 43.0 Å². The van der Waals surface area contributed by atoms with Gasteiger partial charge in [-0.3, -0.25) is 9.59 Å². The number of nitrogens with one attached hydrogen (secondary N) is 1. The largest absolute Gasteiger partial charge is 0.493 e. The van der Waals surface area contributed by atoms with Crippen molar-refractivity contribution in [1.29, 1.82) is 0 Å². The van der Waals surface area contributed by atoms with Crippen LogP contribution in [0.2, 0.25) is 0 Å². The quantitative estimate of drug-likeness (QED) is 0.634. The van der Waals surface area contributed by atoms with Crippen molar-refractivity contribution >= 4 is 11.8 Å². The van der Waals surface area contributed by atoms with Crippen molar-refractivity contribution in [1.82, 2.24) is 10.2 Å². The van der Waals surface area contributed by atoms with Crippen LogP contribution in [0.25, 0.3) is 0 Å². The van der Waals surface area contributed by atoms with Gasteiger partial charge in [-0.05, 0) is 75.8 Å². The van der Waals surface area contributed by atoms with Gasteiger partial charge in [0.15, 0.2) is 0 Å². The van der Waals surface area contributed by atoms with Crippen LogP contribution in [0.3, 0.4) is 0 Å². The lowest BCUT2D eigenvalue weighted by Gasteiger charge is -2.32. The summed E-state index contributed by atoms with van der Waals surface area (Å²) < 4.78 is 5.86. The molecule has 0 atom stereocenters. The van der Waals surface area contributed by atoms with Crippen LogP contribution >= 0.6 is 0 Å². The van der Waals surface area contributed by atoms with Gasteiger partial charge in [-0.25, -0.2) is 0 Å². The predicted octanol–water partition coefficient (Wildman–Crippen LogP) is 4.58. The Morgan fingerprint density at radius 1 is 0.968 bits per heavy atom. The molecule has 1 saturated heterocycles. The Balaban J connectivity index is 1.31. The smallest absolute Gasteiger partial charge is 0.253 e. The molecule has 3 rings (SSSR count). The fourth-order valence-corrected chi connectivity index (χ4v) is 3.84. The maximum Gasteiger partial charge on any atom is 0.253 e. The average Bonchev–Trinajstić information content (AvgIpc) is 2.76. The fraction of sp³-hybridized carbons (Fsp3) is 0.462. The molecular weight excluding hydrogens is 388 g/mol. The summed E-state index contributed by atoms with van der Waals surface area (Å²) in [5, 5.41) is 3.13. The molecule has 0 bridgehead atoms. The third-order valence-electron chi connectivity index (χ3n) is 5.85. The highest BCUT2D eigenvalue weighted by molar-refractivity contribution is 5.94. The third-order valence-corrected chi connectivity index (χ3v) is 5.85. The van der Waals surface area contributed by atoms with E-state index in [9.17, 15) is 9.59 Å². The Morgan fingerprint density at radius 3 is 2.35 bits per heavy atom. The number of carbonyl (C=O) groups is 2. The molecule has 2 aromatic rings. The van der Waals surface area contributed by atoms with Crippen LogP contribution in [0.5, 0.6) is 5.75 Å². The van der Waals surface area contributed by atoms with E-state index in [1.54, 1.807) is 0 Å². The maximum atomic E-state index is 12.6. The second-order valence-corrected chi connectivity index (χ2v) is 8.57. The lowest BCUT2D eigenvalue weighted by molar-refractivity contribution is -0.122. The zero-order chi connectivity index (χ0) is 22.2. The second-order valence-electron chi connectivity index (χ2n) is 8.57. The van der Waals surface area contributed by atoms with E-state index in [-0.39, 0.29) is 17.9 Å². The number of ether oxygens (including phenoxy) is 1. The molecule has 0 radical (unpaired) electrons. The first-order valence-corrected chi connectivity index (χ1v) is 11.3. The molecule has 0 aliphatic carbocycles. The van der Waals surface area contributed by atoms with Crippen LogP contribution in [0.15, 0.2) is 42.5 Å². The standard InChI is InChI=1S/C26H34N2O3/c1-19-8-11-22(12-9-19)26(30)28-15-13-23(14-16-28)27-25(29)6-4-5-17-31-24-18-20(2)7-10-21(24)3/h7-12,18,23H,4-6,13-17H2,1-3H3,(H,27,29). The molecule has 0 saturated carbocycles. The van der Waals surface area contributed by atoms with E-state index in [2.05, 4.69) is 30.4 Å². The molecule has 0 unspecified atom stereocenters. The first-order chi connectivity index (χ1) is 14.9. The first kappa shape index (κ1) is 22.9. The summed E-state index contributed by atoms with van der Waals surface area (Å²) in [4.78, 5) is 26.8. The molecule has 31 heavy (non-hydrogen) atoms. The molecule has 2 aromatic carbocycles. The second kappa shape index (κ2) is 11.0. The number of piperidine rings is 1. The van der Waals surface area contributed by atoms with Crippen molar-refractivity contribution in [2.75, 3.05) is 19.7 Å². The minimum absolute atomic E-state index is 0.0774. The van der Waals surface area contributed by atoms with Gasteiger partial charge in [0.25, 0.3) is 5.91 Å². The van der Waals surface area contributed by atoms with Gasteiger partial charge in [0.2, 0.25) is 5.91 Å². The van der Waals surface area contributed by atoms with Crippen LogP contribution < -0.4 is 10.1 Å². The highest BCUT2D eigenvalue weighted by atomic mass is 16.5. The number of unbranched alkanes of at least 4 members (excludes halogenated alkanes) is 1. The van der Waals surface area contributed by atoms with Gasteiger partial charge in [0, 0.05) is 31.1 Å². The molecule has 1 aliphatic heterocycles. The number of likely N-dealkylation sites (tertiary alicyclic amines) is 1. The number of benzene rings is 2. The molecule has 2 amide bonds. The number of amides is 2. The number of hydrogen-bond donors (Lipinski definition) is 1. The summed E-state index contributed by atoms with van der Waals surface area (Å²) >= 11 is 0. The van der Waals surface area contributed by atoms with E-state index in [0.717, 1.165) is 48.1 Å². The molecule has 0 aromatic heterocycles. The topological polar surface area (TPSA) is 58.6 Å². The van der Waals surface area contributed by atoms with E-state index < -0.39 is 0 Å². The Hall–Kier alpha value is -2.82. The summed E-state index contributed by atoms with van der Waals surface area (Å²) in [5.41, 5.74) is 4.20. The van der Waals surface area contributed by atoms with Gasteiger partial charge in [0.05, 0.1) is 6.61 Å². The Bertz CT molecular complexity index is 884. The van der Waals surface area contributed by atoms with Gasteiger partial charge in [-0.15, -0.1) is 0 Å². The number of rotatable bonds is 8. The molecule has 166 valence electrons. The van der Waals surface area contributed by atoms with Crippen LogP contribution in [0, 0.1) is 20.8 Å². The zero-order valence-electron chi connectivity index (χ0n) is 18.9. The Morgan fingerprint density at radius 2 is 1.65 bits per heavy atom. The molecule has 0 spiro atoms. The monoisotopic (exact) mass is 422 g/mol. The van der Waals surface area contributed by atoms with Crippen molar-refractivity contribution in [3.63, 3.8) is 0 Å². The van der Waals surface area contributed by atoms with Crippen molar-refractivity contribution in [2.24, 2.45) is 0 Å². The van der Waals surface area contributed by atoms with Gasteiger partial charge in [0.1, 0.15) is 5.75 Å². The minimum Gasteiger partial charge on any atom is -0.493 e. The van der Waals surface area contributed by atoms with E-state index in [4.69, 9.17) is 4.74 Å². The molecule has 1 fully saturated rings. The van der Waals surface area contributed by atoms with E-state index in [1.165, 1.54) is 5.56 Å². The molecule has 5 nitrogen and oxygen atoms in total. The summed E-state index contributed by atoms with van der Waals surface area (Å²) in [5.74, 6) is 1.10. The first-order valence-electron chi connectivity index (χ1n) is 11.3. The molecular formula is C26H34N2O3.